The molecule has 7 nitrogen and oxygen atoms in total. The molecule has 0 radical (unpaired) electrons. The third-order valence-electron chi connectivity index (χ3n) is 5.60. The number of benzene rings is 1. The molecule has 0 N–H and O–H groups in total. The molecular formula is C24H22ClN5O2. The van der Waals surface area contributed by atoms with E-state index in [9.17, 15) is 4.79 Å². The fourth-order valence-corrected chi connectivity index (χ4v) is 4.10. The minimum absolute atomic E-state index is 0.0972. The monoisotopic (exact) mass is 447 g/mol. The van der Waals surface area contributed by atoms with Crippen molar-refractivity contribution in [3.05, 3.63) is 94.2 Å². The number of carbonyl (C=O) groups excluding carboxylic acids is 1. The van der Waals surface area contributed by atoms with Crippen LogP contribution in [0.5, 0.6) is 0 Å². The molecule has 1 atom stereocenters. The Morgan fingerprint density at radius 3 is 2.84 bits per heavy atom. The van der Waals surface area contributed by atoms with Crippen LogP contribution in [0.25, 0.3) is 5.65 Å². The van der Waals surface area contributed by atoms with Gasteiger partial charge in [-0.3, -0.25) is 9.78 Å². The number of nitrogens with zero attached hydrogens (tertiary/aromatic N) is 5. The molecular weight excluding hydrogens is 426 g/mol. The van der Waals surface area contributed by atoms with E-state index in [2.05, 4.69) is 15.1 Å². The van der Waals surface area contributed by atoms with E-state index in [4.69, 9.17) is 16.3 Å². The summed E-state index contributed by atoms with van der Waals surface area (Å²) in [5, 5.41) is 5.03. The van der Waals surface area contributed by atoms with Crippen LogP contribution in [0.2, 0.25) is 5.02 Å². The number of pyridine rings is 1. The van der Waals surface area contributed by atoms with Crippen molar-refractivity contribution in [2.75, 3.05) is 19.7 Å². The molecule has 0 saturated carbocycles. The molecule has 5 rings (SSSR count). The number of amides is 1. The van der Waals surface area contributed by atoms with Gasteiger partial charge in [-0.05, 0) is 35.7 Å². The third-order valence-corrected chi connectivity index (χ3v) is 5.97. The first-order valence-electron chi connectivity index (χ1n) is 10.5. The van der Waals surface area contributed by atoms with Gasteiger partial charge in [-0.15, -0.1) is 0 Å². The summed E-state index contributed by atoms with van der Waals surface area (Å²) in [6, 6.07) is 11.8. The fourth-order valence-electron chi connectivity index (χ4n) is 3.89. The predicted molar refractivity (Wildman–Crippen MR) is 121 cm³/mol. The van der Waals surface area contributed by atoms with Gasteiger partial charge in [0.2, 0.25) is 0 Å². The van der Waals surface area contributed by atoms with E-state index in [1.54, 1.807) is 21.8 Å². The van der Waals surface area contributed by atoms with Crippen molar-refractivity contribution in [1.82, 2.24) is 24.5 Å². The van der Waals surface area contributed by atoms with Gasteiger partial charge in [0.05, 0.1) is 25.0 Å². The van der Waals surface area contributed by atoms with Crippen molar-refractivity contribution in [2.24, 2.45) is 0 Å². The molecule has 162 valence electrons. The molecule has 4 aromatic rings. The van der Waals surface area contributed by atoms with Gasteiger partial charge in [0.25, 0.3) is 5.91 Å². The molecule has 1 saturated heterocycles. The van der Waals surface area contributed by atoms with Gasteiger partial charge in [-0.25, -0.2) is 9.50 Å². The highest BCUT2D eigenvalue weighted by Crippen LogP contribution is 2.24. The molecule has 1 unspecified atom stereocenters. The van der Waals surface area contributed by atoms with Crippen molar-refractivity contribution in [1.29, 1.82) is 0 Å². The van der Waals surface area contributed by atoms with Gasteiger partial charge in [-0.2, -0.15) is 5.10 Å². The number of fused-ring (bicyclic) bond motifs is 1. The Labute approximate surface area is 190 Å². The van der Waals surface area contributed by atoms with E-state index in [1.165, 1.54) is 0 Å². The first kappa shape index (κ1) is 20.6. The number of hydrogen-bond acceptors (Lipinski definition) is 5. The Kier molecular flexibility index (Phi) is 5.59. The zero-order valence-electron chi connectivity index (χ0n) is 17.6. The summed E-state index contributed by atoms with van der Waals surface area (Å²) >= 11 is 6.27. The Morgan fingerprint density at radius 1 is 1.16 bits per heavy atom. The summed E-state index contributed by atoms with van der Waals surface area (Å²) < 4.78 is 7.57. The van der Waals surface area contributed by atoms with Crippen LogP contribution in [0.15, 0.2) is 61.2 Å². The van der Waals surface area contributed by atoms with Crippen LogP contribution in [-0.2, 0) is 11.2 Å². The van der Waals surface area contributed by atoms with Crippen LogP contribution in [-0.4, -0.2) is 50.1 Å². The number of aryl methyl sites for hydroxylation is 1. The zero-order valence-corrected chi connectivity index (χ0v) is 18.4. The van der Waals surface area contributed by atoms with Crippen molar-refractivity contribution in [2.45, 2.75) is 19.4 Å². The number of rotatable bonds is 4. The Morgan fingerprint density at radius 2 is 2.03 bits per heavy atom. The van der Waals surface area contributed by atoms with Crippen molar-refractivity contribution < 1.29 is 9.53 Å². The molecule has 4 heterocycles. The second kappa shape index (κ2) is 8.68. The molecule has 8 heteroatoms. The highest BCUT2D eigenvalue weighted by atomic mass is 35.5. The van der Waals surface area contributed by atoms with Gasteiger partial charge in [0.1, 0.15) is 11.7 Å². The molecule has 0 spiro atoms. The summed E-state index contributed by atoms with van der Waals surface area (Å²) in [6.45, 7) is 3.34. The largest absolute Gasteiger partial charge is 0.368 e. The van der Waals surface area contributed by atoms with E-state index < -0.39 is 0 Å². The lowest BCUT2D eigenvalue weighted by Gasteiger charge is -2.32. The predicted octanol–water partition coefficient (Wildman–Crippen LogP) is 3.89. The number of ether oxygens (including phenoxy) is 1. The summed E-state index contributed by atoms with van der Waals surface area (Å²) in [6.07, 6.45) is 7.46. The van der Waals surface area contributed by atoms with Crippen molar-refractivity contribution in [3.63, 3.8) is 0 Å². The third kappa shape index (κ3) is 4.09. The lowest BCUT2D eigenvalue weighted by Crippen LogP contribution is -2.42. The maximum absolute atomic E-state index is 13.2. The van der Waals surface area contributed by atoms with Crippen LogP contribution < -0.4 is 0 Å². The highest BCUT2D eigenvalue weighted by Gasteiger charge is 2.28. The number of carbonyl (C=O) groups is 1. The van der Waals surface area contributed by atoms with Gasteiger partial charge >= 0.3 is 0 Å². The maximum atomic E-state index is 13.2. The standard InChI is InChI=1S/C24H22ClN5O2/c1-16-11-27-23-19(13-28-30(23)14-16)24(31)29-8-9-32-22(15-29)21-7-6-17(12-26-21)10-18-4-2-3-5-20(18)25/h2-7,11-14,22H,8-10,15H2,1H3. The number of halogens is 1. The van der Waals surface area contributed by atoms with E-state index >= 15 is 0 Å². The smallest absolute Gasteiger partial charge is 0.259 e. The average molecular weight is 448 g/mol. The summed E-state index contributed by atoms with van der Waals surface area (Å²) in [4.78, 5) is 23.9. The maximum Gasteiger partial charge on any atom is 0.259 e. The molecule has 1 amide bonds. The highest BCUT2D eigenvalue weighted by molar-refractivity contribution is 6.31. The number of aromatic nitrogens is 4. The van der Waals surface area contributed by atoms with E-state index in [0.29, 0.717) is 37.3 Å². The Bertz CT molecular complexity index is 1270. The van der Waals surface area contributed by atoms with E-state index in [0.717, 1.165) is 27.4 Å². The second-order valence-corrected chi connectivity index (χ2v) is 8.34. The molecule has 1 aromatic carbocycles. The van der Waals surface area contributed by atoms with Crippen LogP contribution in [0.4, 0.5) is 0 Å². The normalized spacial score (nSPS) is 16.4. The minimum Gasteiger partial charge on any atom is -0.368 e. The number of morpholine rings is 1. The average Bonchev–Trinajstić information content (AvgIpc) is 3.23. The lowest BCUT2D eigenvalue weighted by molar-refractivity contribution is -0.0246. The summed E-state index contributed by atoms with van der Waals surface area (Å²) in [5.41, 5.74) is 4.97. The van der Waals surface area contributed by atoms with Crippen LogP contribution in [0.1, 0.15) is 38.8 Å². The molecule has 3 aromatic heterocycles. The molecule has 32 heavy (non-hydrogen) atoms. The molecule has 1 fully saturated rings. The topological polar surface area (TPSA) is 72.6 Å². The van der Waals surface area contributed by atoms with Crippen LogP contribution in [0.3, 0.4) is 0 Å². The summed E-state index contributed by atoms with van der Waals surface area (Å²) in [7, 11) is 0. The molecule has 0 bridgehead atoms. The first-order chi connectivity index (χ1) is 15.6. The molecule has 1 aliphatic rings. The first-order valence-corrected chi connectivity index (χ1v) is 10.9. The lowest BCUT2D eigenvalue weighted by atomic mass is 10.1. The van der Waals surface area contributed by atoms with Gasteiger partial charge in [0, 0.05) is 36.6 Å². The minimum atomic E-state index is -0.279. The van der Waals surface area contributed by atoms with Crippen LogP contribution >= 0.6 is 11.6 Å². The molecule has 0 aliphatic carbocycles. The SMILES string of the molecule is Cc1cnc2c(C(=O)N3CCOC(c4ccc(Cc5ccccc5Cl)cn4)C3)cnn2c1. The van der Waals surface area contributed by atoms with Crippen molar-refractivity contribution in [3.8, 4) is 0 Å². The van der Waals surface area contributed by atoms with Crippen LogP contribution in [0, 0.1) is 6.92 Å². The van der Waals surface area contributed by atoms with E-state index in [1.807, 2.05) is 55.7 Å². The fraction of sp³-hybridized carbons (Fsp3) is 0.250. The zero-order chi connectivity index (χ0) is 22.1. The van der Waals surface area contributed by atoms with E-state index in [-0.39, 0.29) is 12.0 Å². The van der Waals surface area contributed by atoms with Gasteiger partial charge in [0.15, 0.2) is 5.65 Å². The number of hydrogen-bond donors (Lipinski definition) is 0. The van der Waals surface area contributed by atoms with Gasteiger partial charge < -0.3 is 9.64 Å². The Hall–Kier alpha value is -3.29. The Balaban J connectivity index is 1.30. The quantitative estimate of drug-likeness (QED) is 0.474. The molecule has 1 aliphatic heterocycles. The summed E-state index contributed by atoms with van der Waals surface area (Å²) in [5.74, 6) is -0.0972. The van der Waals surface area contributed by atoms with Gasteiger partial charge in [-0.1, -0.05) is 35.9 Å². The second-order valence-electron chi connectivity index (χ2n) is 7.93. The van der Waals surface area contributed by atoms with Crippen molar-refractivity contribution >= 4 is 23.2 Å².